The first kappa shape index (κ1) is 23.8. The minimum Gasteiger partial charge on any atom is -1.00 e. The van der Waals surface area contributed by atoms with Crippen LogP contribution in [0.1, 0.15) is 25.4 Å². The van der Waals surface area contributed by atoms with Gasteiger partial charge in [-0.15, -0.1) is 11.8 Å². The molecule has 5 nitrogen and oxygen atoms in total. The third-order valence-electron chi connectivity index (χ3n) is 3.73. The number of benzene rings is 1. The summed E-state index contributed by atoms with van der Waals surface area (Å²) in [5, 5.41) is 8.32. The predicted octanol–water partition coefficient (Wildman–Crippen LogP) is 0.844. The van der Waals surface area contributed by atoms with Crippen molar-refractivity contribution < 1.29 is 50.0 Å². The van der Waals surface area contributed by atoms with Crippen LogP contribution in [0.4, 0.5) is 0 Å². The van der Waals surface area contributed by atoms with Crippen molar-refractivity contribution in [2.24, 2.45) is 0 Å². The molecule has 1 aromatic heterocycles. The second-order valence-electron chi connectivity index (χ2n) is 5.84. The van der Waals surface area contributed by atoms with Crippen molar-refractivity contribution in [3.63, 3.8) is 0 Å². The van der Waals surface area contributed by atoms with Crippen LogP contribution < -0.4 is 29.6 Å². The average molecular weight is 397 g/mol. The number of aromatic nitrogens is 1. The number of carbonyl (C=O) groups is 1. The maximum Gasteiger partial charge on any atom is 1.00 e. The summed E-state index contributed by atoms with van der Waals surface area (Å²) in [6.07, 6.45) is 0.660. The first-order valence-corrected chi connectivity index (χ1v) is 9.43. The number of carboxylic acid groups (broad SMARTS) is 1. The molecule has 0 unspecified atom stereocenters. The summed E-state index contributed by atoms with van der Waals surface area (Å²) in [6, 6.07) is 8.07. The van der Waals surface area contributed by atoms with E-state index in [0.717, 1.165) is 17.0 Å². The Labute approximate surface area is 188 Å². The number of ether oxygens (including phenoxy) is 1. The van der Waals surface area contributed by atoms with E-state index in [1.807, 2.05) is 38.1 Å². The standard InChI is InChI=1S/C20H23NO4S.Na.H/c1-14-6-8-17(9-7-14)19-21-18(15(2)25-19)10-12-24-11-4-5-13-26-16(3)20(22)23;;/h6-9,16H,10-13H2,1-3H3,(H,22,23);;/q;+1;-1/t16-;;/m0../s1. The molecule has 27 heavy (non-hydrogen) atoms. The van der Waals surface area contributed by atoms with E-state index in [4.69, 9.17) is 14.3 Å². The summed E-state index contributed by atoms with van der Waals surface area (Å²) >= 11 is 1.30. The van der Waals surface area contributed by atoms with Crippen LogP contribution in [0.15, 0.2) is 28.7 Å². The Morgan fingerprint density at radius 2 is 2.04 bits per heavy atom. The number of hydrogen-bond acceptors (Lipinski definition) is 5. The smallest absolute Gasteiger partial charge is 1.00 e. The summed E-state index contributed by atoms with van der Waals surface area (Å²) in [5.74, 6) is 6.88. The molecule has 1 atom stereocenters. The molecule has 140 valence electrons. The van der Waals surface area contributed by atoms with Crippen molar-refractivity contribution in [2.75, 3.05) is 19.0 Å². The zero-order chi connectivity index (χ0) is 18.9. The minimum absolute atomic E-state index is 0. The van der Waals surface area contributed by atoms with E-state index in [1.165, 1.54) is 17.3 Å². The van der Waals surface area contributed by atoms with Crippen molar-refractivity contribution >= 4 is 17.7 Å². The molecule has 0 bridgehead atoms. The molecular formula is C20H24NNaO4S. The molecule has 0 radical (unpaired) electrons. The van der Waals surface area contributed by atoms with E-state index in [9.17, 15) is 4.79 Å². The summed E-state index contributed by atoms with van der Waals surface area (Å²) in [4.78, 5) is 15.2. The van der Waals surface area contributed by atoms with Gasteiger partial charge in [0.25, 0.3) is 0 Å². The molecule has 0 spiro atoms. The van der Waals surface area contributed by atoms with Gasteiger partial charge in [0, 0.05) is 12.0 Å². The molecule has 7 heteroatoms. The topological polar surface area (TPSA) is 72.6 Å². The van der Waals surface area contributed by atoms with E-state index in [1.54, 1.807) is 6.92 Å². The van der Waals surface area contributed by atoms with Gasteiger partial charge in [-0.1, -0.05) is 29.5 Å². The fourth-order valence-corrected chi connectivity index (χ4v) is 2.69. The van der Waals surface area contributed by atoms with E-state index in [0.29, 0.717) is 31.3 Å². The van der Waals surface area contributed by atoms with Gasteiger partial charge in [0.1, 0.15) is 17.6 Å². The number of oxazole rings is 1. The molecule has 0 aliphatic rings. The molecule has 1 aromatic carbocycles. The van der Waals surface area contributed by atoms with Crippen LogP contribution in [-0.2, 0) is 16.0 Å². The molecule has 0 saturated carbocycles. The predicted molar refractivity (Wildman–Crippen MR) is 104 cm³/mol. The normalized spacial score (nSPS) is 11.2. The Kier molecular flexibility index (Phi) is 10.8. The number of aliphatic carboxylic acids is 1. The number of carboxylic acids is 1. The van der Waals surface area contributed by atoms with E-state index < -0.39 is 11.2 Å². The fraction of sp³-hybridized carbons (Fsp3) is 0.400. The third kappa shape index (κ3) is 8.12. The Morgan fingerprint density at radius 3 is 2.70 bits per heavy atom. The number of hydrogen-bond donors (Lipinski definition) is 1. The number of aryl methyl sites for hydroxylation is 2. The first-order valence-electron chi connectivity index (χ1n) is 8.38. The van der Waals surface area contributed by atoms with E-state index in [-0.39, 0.29) is 31.0 Å². The van der Waals surface area contributed by atoms with E-state index in [2.05, 4.69) is 16.8 Å². The summed E-state index contributed by atoms with van der Waals surface area (Å²) in [5.41, 5.74) is 3.05. The number of thioether (sulfide) groups is 1. The molecule has 0 amide bonds. The van der Waals surface area contributed by atoms with Crippen molar-refractivity contribution in [2.45, 2.75) is 32.4 Å². The number of nitrogens with zero attached hydrogens (tertiary/aromatic N) is 1. The second-order valence-corrected chi connectivity index (χ2v) is 7.16. The van der Waals surface area contributed by atoms with Crippen LogP contribution in [0.5, 0.6) is 0 Å². The molecule has 1 heterocycles. The Morgan fingerprint density at radius 1 is 1.33 bits per heavy atom. The van der Waals surface area contributed by atoms with Gasteiger partial charge in [0.05, 0.1) is 18.1 Å². The third-order valence-corrected chi connectivity index (χ3v) is 4.74. The van der Waals surface area contributed by atoms with Gasteiger partial charge in [-0.05, 0) is 32.9 Å². The molecule has 0 saturated heterocycles. The summed E-state index contributed by atoms with van der Waals surface area (Å²) in [7, 11) is 0. The SMILES string of the molecule is Cc1ccc(-c2nc(CCOCC#CCS[C@@H](C)C(=O)O)c(C)o2)cc1.[H-].[Na+]. The van der Waals surface area contributed by atoms with Gasteiger partial charge < -0.3 is 15.7 Å². The zero-order valence-corrected chi connectivity index (χ0v) is 19.1. The van der Waals surface area contributed by atoms with E-state index >= 15 is 0 Å². The van der Waals surface area contributed by atoms with Crippen LogP contribution in [0.2, 0.25) is 0 Å². The quantitative estimate of drug-likeness (QED) is 0.404. The second kappa shape index (κ2) is 12.3. The number of rotatable bonds is 8. The summed E-state index contributed by atoms with van der Waals surface area (Å²) < 4.78 is 11.2. The molecule has 1 N–H and O–H groups in total. The first-order chi connectivity index (χ1) is 12.5. The van der Waals surface area contributed by atoms with Crippen LogP contribution >= 0.6 is 11.8 Å². The molecule has 2 rings (SSSR count). The van der Waals surface area contributed by atoms with Gasteiger partial charge in [-0.25, -0.2) is 4.98 Å². The Bertz CT molecular complexity index is 799. The van der Waals surface area contributed by atoms with Crippen LogP contribution in [0.25, 0.3) is 11.5 Å². The van der Waals surface area contributed by atoms with Gasteiger partial charge in [-0.3, -0.25) is 4.79 Å². The maximum absolute atomic E-state index is 10.7. The van der Waals surface area contributed by atoms with Gasteiger partial charge in [0.2, 0.25) is 5.89 Å². The monoisotopic (exact) mass is 397 g/mol. The molecular weight excluding hydrogens is 373 g/mol. The summed E-state index contributed by atoms with van der Waals surface area (Å²) in [6.45, 7) is 6.43. The van der Waals surface area contributed by atoms with Crippen LogP contribution in [0.3, 0.4) is 0 Å². The minimum atomic E-state index is -0.818. The molecule has 0 aliphatic carbocycles. The van der Waals surface area contributed by atoms with Crippen LogP contribution in [-0.4, -0.2) is 40.3 Å². The maximum atomic E-state index is 10.7. The Hall–Kier alpha value is -1.23. The van der Waals surface area contributed by atoms with Gasteiger partial charge >= 0.3 is 35.5 Å². The van der Waals surface area contributed by atoms with Gasteiger partial charge in [0.15, 0.2) is 0 Å². The average Bonchev–Trinajstić information content (AvgIpc) is 2.98. The van der Waals surface area contributed by atoms with Crippen molar-refractivity contribution in [1.29, 1.82) is 0 Å². The molecule has 0 fully saturated rings. The van der Waals surface area contributed by atoms with Crippen molar-refractivity contribution in [3.8, 4) is 23.3 Å². The molecule has 2 aromatic rings. The Balaban J connectivity index is 0.00000364. The van der Waals surface area contributed by atoms with Crippen LogP contribution in [0, 0.1) is 25.7 Å². The molecule has 0 aliphatic heterocycles. The fourth-order valence-electron chi connectivity index (χ4n) is 2.11. The largest absolute Gasteiger partial charge is 1.00 e. The zero-order valence-electron chi connectivity index (χ0n) is 17.2. The van der Waals surface area contributed by atoms with Crippen molar-refractivity contribution in [3.05, 3.63) is 41.3 Å². The van der Waals surface area contributed by atoms with Crippen molar-refractivity contribution in [1.82, 2.24) is 4.98 Å². The van der Waals surface area contributed by atoms with Gasteiger partial charge in [-0.2, -0.15) is 0 Å².